The third kappa shape index (κ3) is 4.78. The second kappa shape index (κ2) is 8.83. The number of benzene rings is 2. The zero-order valence-electron chi connectivity index (χ0n) is 16.3. The molecule has 1 fully saturated rings. The van der Waals surface area contributed by atoms with Crippen molar-refractivity contribution in [2.75, 3.05) is 37.8 Å². The second-order valence-corrected chi connectivity index (χ2v) is 6.88. The maximum atomic E-state index is 12.7. The molecule has 0 atom stereocenters. The van der Waals surface area contributed by atoms with Crippen molar-refractivity contribution < 1.29 is 24.0 Å². The van der Waals surface area contributed by atoms with E-state index in [2.05, 4.69) is 0 Å². The minimum Gasteiger partial charge on any atom is -0.454 e. The first-order chi connectivity index (χ1) is 13.9. The van der Waals surface area contributed by atoms with Crippen LogP contribution in [-0.4, -0.2) is 49.6 Å². The van der Waals surface area contributed by atoms with Gasteiger partial charge >= 0.3 is 5.97 Å². The van der Waals surface area contributed by atoms with Gasteiger partial charge in [0, 0.05) is 30.8 Å². The van der Waals surface area contributed by atoms with Crippen LogP contribution in [0.25, 0.3) is 0 Å². The van der Waals surface area contributed by atoms with Crippen LogP contribution in [0.2, 0.25) is 0 Å². The number of nitro groups is 1. The summed E-state index contributed by atoms with van der Waals surface area (Å²) in [6.07, 6.45) is 0. The van der Waals surface area contributed by atoms with Crippen molar-refractivity contribution in [3.05, 3.63) is 68.8 Å². The standard InChI is InChI=1S/C21H22N2O6/c1-14-3-5-17(15(2)11-14)20(24)13-29-21(25)18-12-16(23(26)27)4-6-19(18)22-7-9-28-10-8-22/h3-6,11-12H,7-10,13H2,1-2H3. The normalized spacial score (nSPS) is 13.8. The molecule has 8 nitrogen and oxygen atoms in total. The molecule has 0 unspecified atom stereocenters. The fraction of sp³-hybridized carbons (Fsp3) is 0.333. The fourth-order valence-electron chi connectivity index (χ4n) is 3.29. The number of nitrogens with zero attached hydrogens (tertiary/aromatic N) is 2. The second-order valence-electron chi connectivity index (χ2n) is 6.88. The Morgan fingerprint density at radius 2 is 1.83 bits per heavy atom. The van der Waals surface area contributed by atoms with Gasteiger partial charge in [0.15, 0.2) is 6.61 Å². The van der Waals surface area contributed by atoms with E-state index in [4.69, 9.17) is 9.47 Å². The molecule has 3 rings (SSSR count). The number of rotatable bonds is 6. The fourth-order valence-corrected chi connectivity index (χ4v) is 3.29. The zero-order valence-corrected chi connectivity index (χ0v) is 16.3. The summed E-state index contributed by atoms with van der Waals surface area (Å²) in [4.78, 5) is 37.7. The third-order valence-corrected chi connectivity index (χ3v) is 4.78. The lowest BCUT2D eigenvalue weighted by atomic mass is 10.0. The lowest BCUT2D eigenvalue weighted by Gasteiger charge is -2.30. The number of ketones is 1. The first-order valence-electron chi connectivity index (χ1n) is 9.25. The summed E-state index contributed by atoms with van der Waals surface area (Å²) in [6, 6.07) is 9.47. The first kappa shape index (κ1) is 20.5. The van der Waals surface area contributed by atoms with Crippen LogP contribution in [0.15, 0.2) is 36.4 Å². The molecule has 0 aliphatic carbocycles. The number of nitro benzene ring substituents is 1. The quantitative estimate of drug-likeness (QED) is 0.319. The van der Waals surface area contributed by atoms with Crippen LogP contribution in [-0.2, 0) is 9.47 Å². The number of aryl methyl sites for hydroxylation is 2. The van der Waals surface area contributed by atoms with Crippen LogP contribution in [0, 0.1) is 24.0 Å². The van der Waals surface area contributed by atoms with Crippen LogP contribution in [0.4, 0.5) is 11.4 Å². The number of anilines is 1. The van der Waals surface area contributed by atoms with Crippen molar-refractivity contribution in [2.24, 2.45) is 0 Å². The Bertz CT molecular complexity index is 950. The van der Waals surface area contributed by atoms with E-state index in [1.807, 2.05) is 30.9 Å². The number of Topliss-reactive ketones (excluding diaryl/α,β-unsaturated/α-hetero) is 1. The van der Waals surface area contributed by atoms with E-state index in [0.29, 0.717) is 37.6 Å². The Labute approximate surface area is 168 Å². The van der Waals surface area contributed by atoms with E-state index >= 15 is 0 Å². The van der Waals surface area contributed by atoms with Gasteiger partial charge in [0.1, 0.15) is 0 Å². The predicted octanol–water partition coefficient (Wildman–Crippen LogP) is 3.09. The smallest absolute Gasteiger partial charge is 0.340 e. The van der Waals surface area contributed by atoms with Gasteiger partial charge in [-0.05, 0) is 25.5 Å². The van der Waals surface area contributed by atoms with Gasteiger partial charge in [-0.1, -0.05) is 23.8 Å². The molecule has 0 bridgehead atoms. The van der Waals surface area contributed by atoms with E-state index in [1.54, 1.807) is 6.07 Å². The maximum Gasteiger partial charge on any atom is 0.340 e. The van der Waals surface area contributed by atoms with Gasteiger partial charge in [-0.3, -0.25) is 14.9 Å². The average Bonchev–Trinajstić information content (AvgIpc) is 2.72. The third-order valence-electron chi connectivity index (χ3n) is 4.78. The van der Waals surface area contributed by atoms with E-state index in [9.17, 15) is 19.7 Å². The van der Waals surface area contributed by atoms with Gasteiger partial charge in [0.05, 0.1) is 29.4 Å². The monoisotopic (exact) mass is 398 g/mol. The van der Waals surface area contributed by atoms with Crippen molar-refractivity contribution in [1.82, 2.24) is 0 Å². The Morgan fingerprint density at radius 3 is 2.48 bits per heavy atom. The molecule has 152 valence electrons. The molecule has 0 N–H and O–H groups in total. The Hall–Kier alpha value is -3.26. The minimum atomic E-state index is -0.770. The summed E-state index contributed by atoms with van der Waals surface area (Å²) >= 11 is 0. The summed E-state index contributed by atoms with van der Waals surface area (Å²) < 4.78 is 10.5. The summed E-state index contributed by atoms with van der Waals surface area (Å²) in [6.45, 7) is 5.41. The molecule has 0 aromatic heterocycles. The van der Waals surface area contributed by atoms with Crippen LogP contribution in [0.1, 0.15) is 31.8 Å². The number of morpholine rings is 1. The molecule has 2 aromatic rings. The van der Waals surface area contributed by atoms with Crippen LogP contribution in [0.5, 0.6) is 0 Å². The van der Waals surface area contributed by atoms with E-state index < -0.39 is 17.5 Å². The van der Waals surface area contributed by atoms with Crippen molar-refractivity contribution in [3.63, 3.8) is 0 Å². The number of carbonyl (C=O) groups is 2. The zero-order chi connectivity index (χ0) is 21.0. The molecule has 0 spiro atoms. The molecule has 0 saturated carbocycles. The lowest BCUT2D eigenvalue weighted by Crippen LogP contribution is -2.37. The van der Waals surface area contributed by atoms with Crippen molar-refractivity contribution in [3.8, 4) is 0 Å². The molecule has 2 aromatic carbocycles. The molecule has 1 aliphatic heterocycles. The van der Waals surface area contributed by atoms with E-state index in [-0.39, 0.29) is 17.0 Å². The molecule has 8 heteroatoms. The predicted molar refractivity (Wildman–Crippen MR) is 107 cm³/mol. The van der Waals surface area contributed by atoms with Gasteiger partial charge < -0.3 is 14.4 Å². The molecular weight excluding hydrogens is 376 g/mol. The first-order valence-corrected chi connectivity index (χ1v) is 9.25. The summed E-state index contributed by atoms with van der Waals surface area (Å²) in [7, 11) is 0. The Kier molecular flexibility index (Phi) is 6.23. The highest BCUT2D eigenvalue weighted by molar-refractivity contribution is 6.02. The molecule has 29 heavy (non-hydrogen) atoms. The Morgan fingerprint density at radius 1 is 1.10 bits per heavy atom. The summed E-state index contributed by atoms with van der Waals surface area (Å²) in [5.74, 6) is -1.09. The summed E-state index contributed by atoms with van der Waals surface area (Å²) in [5.41, 5.74) is 2.70. The number of hydrogen-bond acceptors (Lipinski definition) is 7. The molecule has 1 saturated heterocycles. The molecule has 0 radical (unpaired) electrons. The van der Waals surface area contributed by atoms with Crippen molar-refractivity contribution in [1.29, 1.82) is 0 Å². The van der Waals surface area contributed by atoms with E-state index in [0.717, 1.165) is 11.1 Å². The molecule has 1 aliphatic rings. The molecule has 0 amide bonds. The van der Waals surface area contributed by atoms with Gasteiger partial charge in [-0.25, -0.2) is 4.79 Å². The number of ether oxygens (including phenoxy) is 2. The largest absolute Gasteiger partial charge is 0.454 e. The summed E-state index contributed by atoms with van der Waals surface area (Å²) in [5, 5.41) is 11.1. The minimum absolute atomic E-state index is 0.0644. The number of hydrogen-bond donors (Lipinski definition) is 0. The van der Waals surface area contributed by atoms with Gasteiger partial charge in [-0.15, -0.1) is 0 Å². The SMILES string of the molecule is Cc1ccc(C(=O)COC(=O)c2cc([N+](=O)[O-])ccc2N2CCOCC2)c(C)c1. The number of non-ortho nitro benzene ring substituents is 1. The van der Waals surface area contributed by atoms with E-state index in [1.165, 1.54) is 18.2 Å². The van der Waals surface area contributed by atoms with Crippen molar-refractivity contribution in [2.45, 2.75) is 13.8 Å². The molecular formula is C21H22N2O6. The van der Waals surface area contributed by atoms with Crippen LogP contribution in [0.3, 0.4) is 0 Å². The highest BCUT2D eigenvalue weighted by Crippen LogP contribution is 2.27. The highest BCUT2D eigenvalue weighted by atomic mass is 16.6. The van der Waals surface area contributed by atoms with Gasteiger partial charge in [0.25, 0.3) is 5.69 Å². The van der Waals surface area contributed by atoms with Gasteiger partial charge in [0.2, 0.25) is 5.78 Å². The Balaban J connectivity index is 1.80. The lowest BCUT2D eigenvalue weighted by molar-refractivity contribution is -0.384. The number of carbonyl (C=O) groups excluding carboxylic acids is 2. The molecule has 1 heterocycles. The van der Waals surface area contributed by atoms with Crippen LogP contribution < -0.4 is 4.90 Å². The number of esters is 1. The van der Waals surface area contributed by atoms with Gasteiger partial charge in [-0.2, -0.15) is 0 Å². The highest BCUT2D eigenvalue weighted by Gasteiger charge is 2.24. The average molecular weight is 398 g/mol. The topological polar surface area (TPSA) is 99.0 Å². The maximum absolute atomic E-state index is 12.7. The van der Waals surface area contributed by atoms with Crippen LogP contribution >= 0.6 is 0 Å². The van der Waals surface area contributed by atoms with Crippen molar-refractivity contribution >= 4 is 23.1 Å².